The number of hydrogen-bond acceptors (Lipinski definition) is 8. The van der Waals surface area contributed by atoms with Gasteiger partial charge in [0.15, 0.2) is 17.3 Å². The summed E-state index contributed by atoms with van der Waals surface area (Å²) in [5, 5.41) is 8.09. The summed E-state index contributed by atoms with van der Waals surface area (Å²) in [6.07, 6.45) is 1.56. The molecule has 1 aliphatic rings. The van der Waals surface area contributed by atoms with E-state index in [0.29, 0.717) is 54.2 Å². The van der Waals surface area contributed by atoms with Gasteiger partial charge in [-0.05, 0) is 30.3 Å². The second kappa shape index (κ2) is 8.36. The smallest absolute Gasteiger partial charge is 0.283 e. The van der Waals surface area contributed by atoms with E-state index in [-0.39, 0.29) is 5.91 Å². The lowest BCUT2D eigenvalue weighted by Gasteiger charge is -2.34. The molecule has 0 aliphatic carbocycles. The first-order chi connectivity index (χ1) is 14.2. The first kappa shape index (κ1) is 19.0. The predicted molar refractivity (Wildman–Crippen MR) is 103 cm³/mol. The van der Waals surface area contributed by atoms with E-state index in [0.717, 1.165) is 13.1 Å². The Kier molecular flexibility index (Phi) is 5.48. The highest BCUT2D eigenvalue weighted by Crippen LogP contribution is 2.28. The number of methoxy groups -OCH3 is 2. The summed E-state index contributed by atoms with van der Waals surface area (Å²) < 4.78 is 21.4. The average molecular weight is 398 g/mol. The van der Waals surface area contributed by atoms with Crippen molar-refractivity contribution in [3.8, 4) is 23.1 Å². The predicted octanol–water partition coefficient (Wildman–Crippen LogP) is 2.30. The summed E-state index contributed by atoms with van der Waals surface area (Å²) in [4.78, 5) is 16.8. The van der Waals surface area contributed by atoms with Crippen molar-refractivity contribution in [3.05, 3.63) is 48.0 Å². The molecule has 0 N–H and O–H groups in total. The van der Waals surface area contributed by atoms with Crippen LogP contribution < -0.4 is 9.47 Å². The molecule has 0 radical (unpaired) electrons. The molecule has 29 heavy (non-hydrogen) atoms. The van der Waals surface area contributed by atoms with E-state index < -0.39 is 0 Å². The van der Waals surface area contributed by atoms with Crippen LogP contribution >= 0.6 is 0 Å². The average Bonchev–Trinajstić information content (AvgIpc) is 3.45. The molecule has 152 valence electrons. The molecule has 3 heterocycles. The van der Waals surface area contributed by atoms with Crippen LogP contribution in [0.15, 0.2) is 45.4 Å². The van der Waals surface area contributed by atoms with Crippen LogP contribution in [0.1, 0.15) is 16.2 Å². The number of furan rings is 1. The van der Waals surface area contributed by atoms with Crippen LogP contribution in [0.5, 0.6) is 11.5 Å². The van der Waals surface area contributed by atoms with Crippen LogP contribution in [-0.2, 0) is 6.54 Å². The Morgan fingerprint density at radius 3 is 2.55 bits per heavy atom. The Hall–Kier alpha value is -3.33. The van der Waals surface area contributed by atoms with Gasteiger partial charge >= 0.3 is 0 Å². The molecule has 0 bridgehead atoms. The van der Waals surface area contributed by atoms with Crippen LogP contribution in [0.4, 0.5) is 0 Å². The first-order valence-electron chi connectivity index (χ1n) is 9.28. The van der Waals surface area contributed by atoms with Crippen LogP contribution in [0.25, 0.3) is 11.7 Å². The number of carbonyl (C=O) groups excluding carboxylic acids is 1. The molecule has 0 spiro atoms. The molecule has 9 heteroatoms. The summed E-state index contributed by atoms with van der Waals surface area (Å²) in [6.45, 7) is 3.21. The topological polar surface area (TPSA) is 94.1 Å². The van der Waals surface area contributed by atoms with E-state index in [9.17, 15) is 4.79 Å². The Balaban J connectivity index is 1.34. The molecule has 3 aromatic rings. The summed E-state index contributed by atoms with van der Waals surface area (Å²) in [6, 6.07) is 8.75. The number of benzene rings is 1. The fraction of sp³-hybridized carbons (Fsp3) is 0.350. The van der Waals surface area contributed by atoms with E-state index in [2.05, 4.69) is 15.1 Å². The molecule has 0 saturated carbocycles. The number of amides is 1. The lowest BCUT2D eigenvalue weighted by atomic mass is 10.1. The van der Waals surface area contributed by atoms with Crippen molar-refractivity contribution in [2.75, 3.05) is 40.4 Å². The van der Waals surface area contributed by atoms with E-state index in [1.165, 1.54) is 0 Å². The van der Waals surface area contributed by atoms with E-state index in [1.807, 2.05) is 4.90 Å². The van der Waals surface area contributed by atoms with Gasteiger partial charge in [-0.1, -0.05) is 0 Å². The van der Waals surface area contributed by atoms with E-state index >= 15 is 0 Å². The van der Waals surface area contributed by atoms with Gasteiger partial charge in [-0.15, -0.1) is 10.2 Å². The third kappa shape index (κ3) is 4.09. The minimum Gasteiger partial charge on any atom is -0.493 e. The normalized spacial score (nSPS) is 14.8. The minimum absolute atomic E-state index is 0.0245. The zero-order chi connectivity index (χ0) is 20.2. The van der Waals surface area contributed by atoms with Gasteiger partial charge in [0.1, 0.15) is 0 Å². The first-order valence-corrected chi connectivity index (χ1v) is 9.28. The van der Waals surface area contributed by atoms with Crippen molar-refractivity contribution in [1.82, 2.24) is 20.0 Å². The van der Waals surface area contributed by atoms with Gasteiger partial charge in [0, 0.05) is 31.7 Å². The van der Waals surface area contributed by atoms with Gasteiger partial charge in [-0.25, -0.2) is 0 Å². The van der Waals surface area contributed by atoms with Crippen LogP contribution in [0.3, 0.4) is 0 Å². The third-order valence-electron chi connectivity index (χ3n) is 4.85. The number of nitrogens with zero attached hydrogens (tertiary/aromatic N) is 4. The number of hydrogen-bond donors (Lipinski definition) is 0. The molecule has 1 aliphatic heterocycles. The van der Waals surface area contributed by atoms with E-state index in [1.54, 1.807) is 50.8 Å². The molecule has 9 nitrogen and oxygen atoms in total. The number of carbonyl (C=O) groups is 1. The van der Waals surface area contributed by atoms with Crippen molar-refractivity contribution in [1.29, 1.82) is 0 Å². The number of rotatable bonds is 6. The number of piperazine rings is 1. The van der Waals surface area contributed by atoms with Crippen LogP contribution in [0.2, 0.25) is 0 Å². The largest absolute Gasteiger partial charge is 0.493 e. The second-order valence-corrected chi connectivity index (χ2v) is 6.62. The molecule has 1 saturated heterocycles. The summed E-state index contributed by atoms with van der Waals surface area (Å²) in [7, 11) is 3.12. The molecular formula is C20H22N4O5. The van der Waals surface area contributed by atoms with Crippen molar-refractivity contribution in [2.24, 2.45) is 0 Å². The highest BCUT2D eigenvalue weighted by molar-refractivity contribution is 5.95. The maximum Gasteiger partial charge on any atom is 0.283 e. The Labute approximate surface area is 167 Å². The number of aromatic nitrogens is 2. The molecule has 4 rings (SSSR count). The lowest BCUT2D eigenvalue weighted by molar-refractivity contribution is 0.0618. The molecule has 1 fully saturated rings. The fourth-order valence-corrected chi connectivity index (χ4v) is 3.27. The van der Waals surface area contributed by atoms with Gasteiger partial charge in [0.2, 0.25) is 5.89 Å². The van der Waals surface area contributed by atoms with Crippen molar-refractivity contribution in [3.63, 3.8) is 0 Å². The molecule has 0 atom stereocenters. The van der Waals surface area contributed by atoms with E-state index in [4.69, 9.17) is 18.3 Å². The van der Waals surface area contributed by atoms with Gasteiger partial charge in [0.25, 0.3) is 11.8 Å². The van der Waals surface area contributed by atoms with Gasteiger partial charge in [0.05, 0.1) is 27.0 Å². The quantitative estimate of drug-likeness (QED) is 0.624. The zero-order valence-corrected chi connectivity index (χ0v) is 16.3. The molecule has 1 aromatic carbocycles. The molecule has 2 aromatic heterocycles. The summed E-state index contributed by atoms with van der Waals surface area (Å²) >= 11 is 0. The number of ether oxygens (including phenoxy) is 2. The SMILES string of the molecule is COc1ccc(C(=O)N2CCN(Cc3nnc(-c4ccco4)o3)CC2)cc1OC. The zero-order valence-electron chi connectivity index (χ0n) is 16.3. The third-order valence-corrected chi connectivity index (χ3v) is 4.85. The van der Waals surface area contributed by atoms with Crippen molar-refractivity contribution < 1.29 is 23.1 Å². The summed E-state index contributed by atoms with van der Waals surface area (Å²) in [5.74, 6) is 2.56. The van der Waals surface area contributed by atoms with Crippen molar-refractivity contribution >= 4 is 5.91 Å². The second-order valence-electron chi connectivity index (χ2n) is 6.62. The maximum absolute atomic E-state index is 12.8. The Morgan fingerprint density at radius 2 is 1.86 bits per heavy atom. The standard InChI is InChI=1S/C20H22N4O5/c1-26-15-6-5-14(12-17(15)27-2)20(25)24-9-7-23(8-10-24)13-18-21-22-19(29-18)16-4-3-11-28-16/h3-6,11-12H,7-10,13H2,1-2H3. The minimum atomic E-state index is -0.0245. The van der Waals surface area contributed by atoms with Crippen LogP contribution in [-0.4, -0.2) is 66.3 Å². The highest BCUT2D eigenvalue weighted by Gasteiger charge is 2.24. The Morgan fingerprint density at radius 1 is 1.07 bits per heavy atom. The van der Waals surface area contributed by atoms with Gasteiger partial charge < -0.3 is 23.2 Å². The van der Waals surface area contributed by atoms with Crippen molar-refractivity contribution in [2.45, 2.75) is 6.54 Å². The molecule has 1 amide bonds. The van der Waals surface area contributed by atoms with Gasteiger partial charge in [-0.3, -0.25) is 9.69 Å². The highest BCUT2D eigenvalue weighted by atomic mass is 16.5. The Bertz CT molecular complexity index is 961. The molecule has 0 unspecified atom stereocenters. The monoisotopic (exact) mass is 398 g/mol. The molecular weight excluding hydrogens is 376 g/mol. The van der Waals surface area contributed by atoms with Gasteiger partial charge in [-0.2, -0.15) is 0 Å². The fourth-order valence-electron chi connectivity index (χ4n) is 3.27. The maximum atomic E-state index is 12.8. The summed E-state index contributed by atoms with van der Waals surface area (Å²) in [5.41, 5.74) is 0.580. The lowest BCUT2D eigenvalue weighted by Crippen LogP contribution is -2.48. The van der Waals surface area contributed by atoms with Crippen LogP contribution in [0, 0.1) is 0 Å².